The van der Waals surface area contributed by atoms with Gasteiger partial charge in [-0.2, -0.15) is 0 Å². The third-order valence-electron chi connectivity index (χ3n) is 5.84. The molecule has 2 aromatic rings. The van der Waals surface area contributed by atoms with Gasteiger partial charge in [0, 0.05) is 0 Å². The molecular formula is C23H26O4. The summed E-state index contributed by atoms with van der Waals surface area (Å²) in [6.07, 6.45) is 5.17. The van der Waals surface area contributed by atoms with Crippen LogP contribution in [0.25, 0.3) is 0 Å². The Balaban J connectivity index is 1.41. The van der Waals surface area contributed by atoms with Gasteiger partial charge in [0.25, 0.3) is 0 Å². The number of carboxylic acids is 1. The zero-order valence-corrected chi connectivity index (χ0v) is 15.7. The fourth-order valence-electron chi connectivity index (χ4n) is 4.23. The summed E-state index contributed by atoms with van der Waals surface area (Å²) in [4.78, 5) is 11.1. The molecule has 0 radical (unpaired) electrons. The van der Waals surface area contributed by atoms with Crippen molar-refractivity contribution >= 4 is 5.97 Å². The van der Waals surface area contributed by atoms with E-state index in [-0.39, 0.29) is 18.1 Å². The lowest BCUT2D eigenvalue weighted by Crippen LogP contribution is -2.27. The molecule has 27 heavy (non-hydrogen) atoms. The Labute approximate surface area is 160 Å². The molecule has 1 aliphatic heterocycles. The van der Waals surface area contributed by atoms with Gasteiger partial charge in [-0.05, 0) is 80.3 Å². The van der Waals surface area contributed by atoms with Gasteiger partial charge in [0.2, 0.25) is 0 Å². The van der Waals surface area contributed by atoms with Crippen molar-refractivity contribution in [3.63, 3.8) is 0 Å². The summed E-state index contributed by atoms with van der Waals surface area (Å²) >= 11 is 0. The summed E-state index contributed by atoms with van der Waals surface area (Å²) < 4.78 is 12.4. The van der Waals surface area contributed by atoms with E-state index in [4.69, 9.17) is 14.6 Å². The molecule has 1 fully saturated rings. The van der Waals surface area contributed by atoms with Crippen molar-refractivity contribution in [1.29, 1.82) is 0 Å². The molecule has 142 valence electrons. The highest BCUT2D eigenvalue weighted by Gasteiger charge is 2.27. The molecule has 4 nitrogen and oxygen atoms in total. The first-order valence-corrected chi connectivity index (χ1v) is 9.84. The Kier molecular flexibility index (Phi) is 5.06. The average Bonchev–Trinajstić information content (AvgIpc) is 2.68. The van der Waals surface area contributed by atoms with Crippen LogP contribution in [0.15, 0.2) is 42.5 Å². The number of carboxylic acid groups (broad SMARTS) is 1. The minimum absolute atomic E-state index is 0.108. The summed E-state index contributed by atoms with van der Waals surface area (Å²) in [7, 11) is 0. The van der Waals surface area contributed by atoms with Crippen LogP contribution in [0.3, 0.4) is 0 Å². The second-order valence-electron chi connectivity index (χ2n) is 7.70. The van der Waals surface area contributed by atoms with Gasteiger partial charge in [-0.3, -0.25) is 4.79 Å². The van der Waals surface area contributed by atoms with Gasteiger partial charge in [-0.25, -0.2) is 0 Å². The summed E-state index contributed by atoms with van der Waals surface area (Å²) in [6.45, 7) is 2.13. The molecule has 0 spiro atoms. The van der Waals surface area contributed by atoms with E-state index < -0.39 is 5.97 Å². The number of benzene rings is 2. The van der Waals surface area contributed by atoms with E-state index in [0.717, 1.165) is 37.2 Å². The van der Waals surface area contributed by atoms with Crippen LogP contribution >= 0.6 is 0 Å². The minimum Gasteiger partial charge on any atom is -0.490 e. The van der Waals surface area contributed by atoms with E-state index in [1.54, 1.807) is 0 Å². The van der Waals surface area contributed by atoms with Crippen molar-refractivity contribution in [2.24, 2.45) is 5.92 Å². The van der Waals surface area contributed by atoms with Crippen molar-refractivity contribution in [3.8, 4) is 11.5 Å². The Morgan fingerprint density at radius 1 is 1.07 bits per heavy atom. The first-order valence-electron chi connectivity index (χ1n) is 9.84. The van der Waals surface area contributed by atoms with Gasteiger partial charge in [0.1, 0.15) is 17.6 Å². The molecule has 2 aromatic carbocycles. The molecule has 1 aliphatic carbocycles. The van der Waals surface area contributed by atoms with Crippen LogP contribution in [0.4, 0.5) is 0 Å². The van der Waals surface area contributed by atoms with E-state index in [9.17, 15) is 4.79 Å². The van der Waals surface area contributed by atoms with Crippen LogP contribution in [-0.4, -0.2) is 17.2 Å². The monoisotopic (exact) mass is 366 g/mol. The smallest absolute Gasteiger partial charge is 0.306 e. The van der Waals surface area contributed by atoms with Crippen molar-refractivity contribution in [3.05, 3.63) is 59.2 Å². The Morgan fingerprint density at radius 3 is 2.59 bits per heavy atom. The molecule has 1 unspecified atom stereocenters. The maximum Gasteiger partial charge on any atom is 0.306 e. The topological polar surface area (TPSA) is 55.8 Å². The summed E-state index contributed by atoms with van der Waals surface area (Å²) in [5, 5.41) is 9.11. The molecular weight excluding hydrogens is 340 g/mol. The minimum atomic E-state index is -0.678. The lowest BCUT2D eigenvalue weighted by Gasteiger charge is -2.29. The fraction of sp³-hybridized carbons (Fsp3) is 0.435. The maximum absolute atomic E-state index is 11.1. The quantitative estimate of drug-likeness (QED) is 0.819. The summed E-state index contributed by atoms with van der Waals surface area (Å²) in [6, 6.07) is 14.5. The normalized spacial score (nSPS) is 24.6. The molecule has 1 heterocycles. The predicted molar refractivity (Wildman–Crippen MR) is 103 cm³/mol. The van der Waals surface area contributed by atoms with Gasteiger partial charge in [0.05, 0.1) is 12.0 Å². The Bertz CT molecular complexity index is 821. The molecule has 1 saturated carbocycles. The molecule has 4 rings (SSSR count). The number of fused-ring (bicyclic) bond motifs is 1. The summed E-state index contributed by atoms with van der Waals surface area (Å²) in [5.74, 6) is 0.921. The third kappa shape index (κ3) is 3.95. The highest BCUT2D eigenvalue weighted by atomic mass is 16.5. The van der Waals surface area contributed by atoms with E-state index in [0.29, 0.717) is 12.8 Å². The molecule has 1 N–H and O–H groups in total. The van der Waals surface area contributed by atoms with Crippen molar-refractivity contribution in [2.75, 3.05) is 0 Å². The van der Waals surface area contributed by atoms with Crippen molar-refractivity contribution in [1.82, 2.24) is 0 Å². The van der Waals surface area contributed by atoms with Crippen molar-refractivity contribution < 1.29 is 19.4 Å². The lowest BCUT2D eigenvalue weighted by atomic mass is 9.87. The average molecular weight is 366 g/mol. The fourth-order valence-corrected chi connectivity index (χ4v) is 4.23. The van der Waals surface area contributed by atoms with Crippen LogP contribution in [0.5, 0.6) is 11.5 Å². The second-order valence-corrected chi connectivity index (χ2v) is 7.70. The molecule has 4 heteroatoms. The summed E-state index contributed by atoms with van der Waals surface area (Å²) in [5.41, 5.74) is 3.72. The molecule has 0 amide bonds. The van der Waals surface area contributed by atoms with Crippen molar-refractivity contribution in [2.45, 2.75) is 57.7 Å². The van der Waals surface area contributed by atoms with Crippen LogP contribution in [0.1, 0.15) is 54.9 Å². The lowest BCUT2D eigenvalue weighted by molar-refractivity contribution is -0.143. The molecule has 0 aromatic heterocycles. The van der Waals surface area contributed by atoms with Gasteiger partial charge in [-0.15, -0.1) is 0 Å². The third-order valence-corrected chi connectivity index (χ3v) is 5.84. The first kappa shape index (κ1) is 17.9. The van der Waals surface area contributed by atoms with Gasteiger partial charge in [-0.1, -0.05) is 24.3 Å². The Morgan fingerprint density at radius 2 is 1.85 bits per heavy atom. The second kappa shape index (κ2) is 7.63. The van der Waals surface area contributed by atoms with E-state index in [2.05, 4.69) is 37.3 Å². The zero-order chi connectivity index (χ0) is 18.8. The SMILES string of the molecule is Cc1ccccc1C1CCc2cc(O[C@H]3CC[C@@H](C(=O)O)CC3)ccc2O1. The number of hydrogen-bond donors (Lipinski definition) is 1. The molecule has 1 atom stereocenters. The van der Waals surface area contributed by atoms with E-state index >= 15 is 0 Å². The van der Waals surface area contributed by atoms with E-state index in [1.807, 2.05) is 12.1 Å². The standard InChI is InChI=1S/C23H26O4/c1-15-4-2-3-5-20(15)22-12-8-17-14-19(11-13-21(17)27-22)26-18-9-6-16(7-10-18)23(24)25/h2-5,11,13-14,16,18,22H,6-10,12H2,1H3,(H,24,25)/t16-,18+,22?. The molecule has 0 bridgehead atoms. The largest absolute Gasteiger partial charge is 0.490 e. The predicted octanol–water partition coefficient (Wildman–Crippen LogP) is 5.08. The van der Waals surface area contributed by atoms with Gasteiger partial charge in [0.15, 0.2) is 0 Å². The molecule has 0 saturated heterocycles. The number of aliphatic carboxylic acids is 1. The molecule has 2 aliphatic rings. The number of ether oxygens (including phenoxy) is 2. The Hall–Kier alpha value is -2.49. The van der Waals surface area contributed by atoms with Gasteiger partial charge >= 0.3 is 5.97 Å². The first-order chi connectivity index (χ1) is 13.1. The highest BCUT2D eigenvalue weighted by Crippen LogP contribution is 2.38. The number of rotatable bonds is 4. The van der Waals surface area contributed by atoms with Crippen LogP contribution in [-0.2, 0) is 11.2 Å². The highest BCUT2D eigenvalue weighted by molar-refractivity contribution is 5.70. The van der Waals surface area contributed by atoms with Crippen LogP contribution in [0, 0.1) is 12.8 Å². The van der Waals surface area contributed by atoms with Crippen LogP contribution in [0.2, 0.25) is 0 Å². The number of carbonyl (C=O) groups is 1. The maximum atomic E-state index is 11.1. The van der Waals surface area contributed by atoms with Crippen LogP contribution < -0.4 is 9.47 Å². The zero-order valence-electron chi connectivity index (χ0n) is 15.7. The number of hydrogen-bond acceptors (Lipinski definition) is 3. The van der Waals surface area contributed by atoms with Gasteiger partial charge < -0.3 is 14.6 Å². The van der Waals surface area contributed by atoms with E-state index in [1.165, 1.54) is 16.7 Å². The number of aryl methyl sites for hydroxylation is 2.